The Morgan fingerprint density at radius 2 is 1.62 bits per heavy atom. The van der Waals surface area contributed by atoms with Crippen molar-refractivity contribution >= 4 is 0 Å². The Labute approximate surface area is 156 Å². The maximum Gasteiger partial charge on any atom is 0.133 e. The highest BCUT2D eigenvalue weighted by atomic mass is 19.1. The molecule has 0 saturated carbocycles. The predicted octanol–water partition coefficient (Wildman–Crippen LogP) is 5.02. The van der Waals surface area contributed by atoms with Crippen LogP contribution in [0.1, 0.15) is 64.9 Å². The third kappa shape index (κ3) is 2.69. The Morgan fingerprint density at radius 1 is 1.00 bits per heavy atom. The molecule has 0 aromatic heterocycles. The van der Waals surface area contributed by atoms with Gasteiger partial charge in [0.25, 0.3) is 0 Å². The number of hydrogen-bond acceptors (Lipinski definition) is 3. The first-order valence-electron chi connectivity index (χ1n) is 10.2. The average Bonchev–Trinajstić information content (AvgIpc) is 2.64. The second kappa shape index (κ2) is 6.97. The van der Waals surface area contributed by atoms with Gasteiger partial charge in [0.15, 0.2) is 0 Å². The van der Waals surface area contributed by atoms with Gasteiger partial charge in [-0.25, -0.2) is 4.39 Å². The standard InChI is InChI=1S/C22H31FN2O/c1-16-15-26-21-11-10-19(23)14-20(21)22(16,24-12-6-4-8-17(24)2)25-13-7-5-9-18(25)3/h10-11,14-15,17-18H,4-9,12-13H2,1-3H3. The van der Waals surface area contributed by atoms with Crippen molar-refractivity contribution in [2.75, 3.05) is 13.1 Å². The number of hydrogen-bond donors (Lipinski definition) is 0. The fourth-order valence-electron chi connectivity index (χ4n) is 5.41. The van der Waals surface area contributed by atoms with Crippen LogP contribution in [0.3, 0.4) is 0 Å². The quantitative estimate of drug-likeness (QED) is 0.738. The molecule has 3 heterocycles. The summed E-state index contributed by atoms with van der Waals surface area (Å²) >= 11 is 0. The van der Waals surface area contributed by atoms with E-state index >= 15 is 0 Å². The molecule has 0 amide bonds. The Bertz CT molecular complexity index is 679. The summed E-state index contributed by atoms with van der Waals surface area (Å²) in [7, 11) is 0. The topological polar surface area (TPSA) is 15.7 Å². The number of fused-ring (bicyclic) bond motifs is 1. The largest absolute Gasteiger partial charge is 0.464 e. The molecule has 26 heavy (non-hydrogen) atoms. The van der Waals surface area contributed by atoms with E-state index in [0.29, 0.717) is 12.1 Å². The summed E-state index contributed by atoms with van der Waals surface area (Å²) < 4.78 is 20.3. The van der Waals surface area contributed by atoms with Gasteiger partial charge >= 0.3 is 0 Å². The van der Waals surface area contributed by atoms with Crippen LogP contribution in [0.2, 0.25) is 0 Å². The Morgan fingerprint density at radius 3 is 2.19 bits per heavy atom. The maximum absolute atomic E-state index is 14.4. The second-order valence-electron chi connectivity index (χ2n) is 8.31. The van der Waals surface area contributed by atoms with Crippen LogP contribution < -0.4 is 4.74 Å². The van der Waals surface area contributed by atoms with Gasteiger partial charge in [-0.2, -0.15) is 0 Å². The summed E-state index contributed by atoms with van der Waals surface area (Å²) in [6.45, 7) is 8.92. The van der Waals surface area contributed by atoms with E-state index in [4.69, 9.17) is 4.74 Å². The lowest BCUT2D eigenvalue weighted by Gasteiger charge is -2.59. The lowest BCUT2D eigenvalue weighted by atomic mass is 9.81. The average molecular weight is 359 g/mol. The highest BCUT2D eigenvalue weighted by Gasteiger charge is 2.52. The molecule has 3 aliphatic rings. The van der Waals surface area contributed by atoms with Crippen molar-refractivity contribution in [2.24, 2.45) is 0 Å². The normalized spacial score (nSPS) is 33.3. The van der Waals surface area contributed by atoms with E-state index in [0.717, 1.165) is 24.4 Å². The zero-order chi connectivity index (χ0) is 18.3. The molecule has 0 bridgehead atoms. The van der Waals surface area contributed by atoms with E-state index in [-0.39, 0.29) is 5.82 Å². The number of rotatable bonds is 2. The molecule has 3 nitrogen and oxygen atoms in total. The zero-order valence-electron chi connectivity index (χ0n) is 16.3. The van der Waals surface area contributed by atoms with E-state index in [9.17, 15) is 4.39 Å². The first kappa shape index (κ1) is 18.0. The molecule has 0 spiro atoms. The highest BCUT2D eigenvalue weighted by Crippen LogP contribution is 2.50. The molecule has 4 heteroatoms. The molecule has 142 valence electrons. The fraction of sp³-hybridized carbons (Fsp3) is 0.636. The molecular weight excluding hydrogens is 327 g/mol. The lowest BCUT2D eigenvalue weighted by molar-refractivity contribution is -0.103. The number of benzene rings is 1. The van der Waals surface area contributed by atoms with Gasteiger partial charge < -0.3 is 4.74 Å². The summed E-state index contributed by atoms with van der Waals surface area (Å²) in [5.74, 6) is 0.619. The first-order valence-corrected chi connectivity index (χ1v) is 10.2. The summed E-state index contributed by atoms with van der Waals surface area (Å²) in [6.07, 6.45) is 9.26. The lowest BCUT2D eigenvalue weighted by Crippen LogP contribution is -2.66. The summed E-state index contributed by atoms with van der Waals surface area (Å²) in [6, 6.07) is 5.96. The van der Waals surface area contributed by atoms with Gasteiger partial charge in [-0.3, -0.25) is 9.80 Å². The second-order valence-corrected chi connectivity index (χ2v) is 8.31. The van der Waals surface area contributed by atoms with Gasteiger partial charge in [0.05, 0.1) is 6.26 Å². The smallest absolute Gasteiger partial charge is 0.133 e. The molecule has 2 unspecified atom stereocenters. The van der Waals surface area contributed by atoms with Gasteiger partial charge in [-0.1, -0.05) is 12.8 Å². The molecule has 1 aromatic rings. The maximum atomic E-state index is 14.4. The van der Waals surface area contributed by atoms with Crippen molar-refractivity contribution in [1.82, 2.24) is 9.80 Å². The van der Waals surface area contributed by atoms with Crippen LogP contribution in [0.15, 0.2) is 30.0 Å². The number of nitrogens with zero attached hydrogens (tertiary/aromatic N) is 2. The van der Waals surface area contributed by atoms with Gasteiger partial charge in [-0.15, -0.1) is 0 Å². The fourth-order valence-corrected chi connectivity index (χ4v) is 5.41. The van der Waals surface area contributed by atoms with Gasteiger partial charge in [0, 0.05) is 36.3 Å². The van der Waals surface area contributed by atoms with Crippen molar-refractivity contribution in [3.63, 3.8) is 0 Å². The molecule has 2 atom stereocenters. The van der Waals surface area contributed by atoms with E-state index in [1.165, 1.54) is 50.2 Å². The van der Waals surface area contributed by atoms with Gasteiger partial charge in [0.1, 0.15) is 17.2 Å². The van der Waals surface area contributed by atoms with Gasteiger partial charge in [0.2, 0.25) is 0 Å². The van der Waals surface area contributed by atoms with Gasteiger partial charge in [-0.05, 0) is 64.7 Å². The minimum Gasteiger partial charge on any atom is -0.464 e. The first-order chi connectivity index (χ1) is 12.5. The summed E-state index contributed by atoms with van der Waals surface area (Å²) in [4.78, 5) is 5.26. The third-order valence-corrected chi connectivity index (χ3v) is 6.67. The van der Waals surface area contributed by atoms with Crippen molar-refractivity contribution in [3.05, 3.63) is 41.4 Å². The molecule has 1 aromatic carbocycles. The number of halogens is 1. The zero-order valence-corrected chi connectivity index (χ0v) is 16.3. The van der Waals surface area contributed by atoms with Crippen molar-refractivity contribution in [1.29, 1.82) is 0 Å². The van der Waals surface area contributed by atoms with Crippen LogP contribution >= 0.6 is 0 Å². The van der Waals surface area contributed by atoms with Crippen LogP contribution in [0.4, 0.5) is 4.39 Å². The molecule has 3 aliphatic heterocycles. The number of piperidine rings is 2. The SMILES string of the molecule is CC1=COc2ccc(F)cc2C1(N1CCCCC1C)N1CCCCC1C. The Kier molecular flexibility index (Phi) is 4.83. The van der Waals surface area contributed by atoms with E-state index in [1.54, 1.807) is 12.1 Å². The van der Waals surface area contributed by atoms with Crippen molar-refractivity contribution < 1.29 is 9.13 Å². The Hall–Kier alpha value is -1.39. The minimum atomic E-state index is -0.393. The van der Waals surface area contributed by atoms with Crippen LogP contribution in [0.25, 0.3) is 0 Å². The molecule has 0 N–H and O–H groups in total. The molecule has 0 aliphatic carbocycles. The predicted molar refractivity (Wildman–Crippen MR) is 103 cm³/mol. The number of likely N-dealkylation sites (tertiary alicyclic amines) is 2. The van der Waals surface area contributed by atoms with Crippen LogP contribution in [0, 0.1) is 5.82 Å². The van der Waals surface area contributed by atoms with E-state index < -0.39 is 5.66 Å². The highest BCUT2D eigenvalue weighted by molar-refractivity contribution is 5.48. The Balaban J connectivity index is 1.94. The molecule has 0 radical (unpaired) electrons. The van der Waals surface area contributed by atoms with E-state index in [1.807, 2.05) is 6.26 Å². The minimum absolute atomic E-state index is 0.180. The van der Waals surface area contributed by atoms with Crippen LogP contribution in [-0.4, -0.2) is 35.0 Å². The van der Waals surface area contributed by atoms with Crippen LogP contribution in [0.5, 0.6) is 5.75 Å². The van der Waals surface area contributed by atoms with Crippen molar-refractivity contribution in [3.8, 4) is 5.75 Å². The van der Waals surface area contributed by atoms with E-state index in [2.05, 4.69) is 30.6 Å². The summed E-state index contributed by atoms with van der Waals surface area (Å²) in [5, 5.41) is 0. The summed E-state index contributed by atoms with van der Waals surface area (Å²) in [5.41, 5.74) is 1.77. The molecule has 4 rings (SSSR count). The van der Waals surface area contributed by atoms with Crippen LogP contribution in [-0.2, 0) is 5.66 Å². The van der Waals surface area contributed by atoms with Crippen molar-refractivity contribution in [2.45, 2.75) is 77.0 Å². The molecule has 2 saturated heterocycles. The molecule has 2 fully saturated rings. The number of ether oxygens (including phenoxy) is 1. The monoisotopic (exact) mass is 358 g/mol. The molecular formula is C22H31FN2O. The third-order valence-electron chi connectivity index (χ3n) is 6.67.